The van der Waals surface area contributed by atoms with Gasteiger partial charge >= 0.3 is 12.1 Å². The first kappa shape index (κ1) is 14.9. The third kappa shape index (κ3) is 2.67. The van der Waals surface area contributed by atoms with Gasteiger partial charge in [-0.15, -0.1) is 0 Å². The molecule has 0 aromatic heterocycles. The molecule has 22 heavy (non-hydrogen) atoms. The van der Waals surface area contributed by atoms with Crippen LogP contribution in [0.3, 0.4) is 0 Å². The molecule has 1 N–H and O–H groups in total. The first-order chi connectivity index (χ1) is 10.6. The van der Waals surface area contributed by atoms with Crippen LogP contribution in [-0.4, -0.2) is 29.3 Å². The van der Waals surface area contributed by atoms with E-state index < -0.39 is 11.9 Å². The van der Waals surface area contributed by atoms with Gasteiger partial charge in [0.15, 0.2) is 0 Å². The molecule has 0 bridgehead atoms. The number of hydrogen-bond donors (Lipinski definition) is 1. The molecule has 1 aromatic carbocycles. The normalized spacial score (nSPS) is 24.9. The number of carboxylic acid groups (broad SMARTS) is 1. The Morgan fingerprint density at radius 3 is 2.59 bits per heavy atom. The maximum atomic E-state index is 12.6. The number of carbonyl (C=O) groups is 2. The predicted octanol–water partition coefficient (Wildman–Crippen LogP) is 3.53. The van der Waals surface area contributed by atoms with E-state index >= 15 is 0 Å². The van der Waals surface area contributed by atoms with Crippen LogP contribution in [0.4, 0.5) is 10.5 Å². The van der Waals surface area contributed by atoms with Crippen LogP contribution < -0.4 is 4.90 Å². The molecule has 2 atom stereocenters. The maximum Gasteiger partial charge on any atom is 0.414 e. The molecule has 0 unspecified atom stereocenters. The molecule has 3 rings (SSSR count). The average molecular weight is 303 g/mol. The van der Waals surface area contributed by atoms with Crippen LogP contribution in [0.1, 0.15) is 50.5 Å². The van der Waals surface area contributed by atoms with Crippen molar-refractivity contribution in [3.63, 3.8) is 0 Å². The number of aliphatic carboxylic acids is 1. The summed E-state index contributed by atoms with van der Waals surface area (Å²) < 4.78 is 5.61. The number of nitrogens with zero attached hydrogens (tertiary/aromatic N) is 1. The van der Waals surface area contributed by atoms with Gasteiger partial charge in [0, 0.05) is 6.04 Å². The SMILES string of the molecule is C[C@@H]1C[C@H](C(=O)O)c2ccccc2N1C(=O)OC1CCCC1. The van der Waals surface area contributed by atoms with Crippen molar-refractivity contribution in [1.82, 2.24) is 0 Å². The Hall–Kier alpha value is -2.04. The molecule has 2 aliphatic rings. The van der Waals surface area contributed by atoms with Gasteiger partial charge in [-0.2, -0.15) is 0 Å². The van der Waals surface area contributed by atoms with Crippen molar-refractivity contribution >= 4 is 17.7 Å². The summed E-state index contributed by atoms with van der Waals surface area (Å²) in [5, 5.41) is 9.42. The molecule has 0 saturated heterocycles. The molecular weight excluding hydrogens is 282 g/mol. The molecule has 5 heteroatoms. The second kappa shape index (κ2) is 5.99. The van der Waals surface area contributed by atoms with E-state index in [1.165, 1.54) is 0 Å². The third-order valence-corrected chi connectivity index (χ3v) is 4.65. The molecule has 1 saturated carbocycles. The second-order valence-corrected chi connectivity index (χ2v) is 6.19. The fraction of sp³-hybridized carbons (Fsp3) is 0.529. The molecule has 1 aliphatic carbocycles. The number of carboxylic acids is 1. The highest BCUT2D eigenvalue weighted by Crippen LogP contribution is 2.39. The number of para-hydroxylation sites is 1. The Morgan fingerprint density at radius 1 is 1.23 bits per heavy atom. The highest BCUT2D eigenvalue weighted by Gasteiger charge is 2.38. The van der Waals surface area contributed by atoms with Crippen molar-refractivity contribution in [2.45, 2.75) is 57.1 Å². The van der Waals surface area contributed by atoms with Gasteiger partial charge in [-0.25, -0.2) is 4.79 Å². The maximum absolute atomic E-state index is 12.6. The van der Waals surface area contributed by atoms with E-state index in [-0.39, 0.29) is 18.2 Å². The number of benzene rings is 1. The minimum Gasteiger partial charge on any atom is -0.481 e. The monoisotopic (exact) mass is 303 g/mol. The molecule has 1 heterocycles. The van der Waals surface area contributed by atoms with Crippen molar-refractivity contribution in [3.8, 4) is 0 Å². The van der Waals surface area contributed by atoms with Gasteiger partial charge in [0.2, 0.25) is 0 Å². The highest BCUT2D eigenvalue weighted by atomic mass is 16.6. The highest BCUT2D eigenvalue weighted by molar-refractivity contribution is 5.93. The number of fused-ring (bicyclic) bond motifs is 1. The summed E-state index contributed by atoms with van der Waals surface area (Å²) in [4.78, 5) is 25.7. The van der Waals surface area contributed by atoms with Crippen molar-refractivity contribution in [2.24, 2.45) is 0 Å². The van der Waals surface area contributed by atoms with Crippen molar-refractivity contribution in [1.29, 1.82) is 0 Å². The van der Waals surface area contributed by atoms with Crippen LogP contribution in [-0.2, 0) is 9.53 Å². The molecule has 0 spiro atoms. The smallest absolute Gasteiger partial charge is 0.414 e. The van der Waals surface area contributed by atoms with Crippen molar-refractivity contribution < 1.29 is 19.4 Å². The Balaban J connectivity index is 1.88. The fourth-order valence-corrected chi connectivity index (χ4v) is 3.53. The van der Waals surface area contributed by atoms with Gasteiger partial charge < -0.3 is 9.84 Å². The van der Waals surface area contributed by atoms with E-state index in [0.29, 0.717) is 17.7 Å². The quantitative estimate of drug-likeness (QED) is 0.907. The first-order valence-electron chi connectivity index (χ1n) is 7.89. The Labute approximate surface area is 129 Å². The third-order valence-electron chi connectivity index (χ3n) is 4.65. The zero-order valence-electron chi connectivity index (χ0n) is 12.7. The lowest BCUT2D eigenvalue weighted by atomic mass is 9.86. The number of hydrogen-bond acceptors (Lipinski definition) is 3. The lowest BCUT2D eigenvalue weighted by molar-refractivity contribution is -0.139. The van der Waals surface area contributed by atoms with Gasteiger partial charge in [0.05, 0.1) is 11.6 Å². The number of anilines is 1. The summed E-state index contributed by atoms with van der Waals surface area (Å²) in [6.07, 6.45) is 4.11. The van der Waals surface area contributed by atoms with Crippen LogP contribution in [0.5, 0.6) is 0 Å². The Kier molecular flexibility index (Phi) is 4.05. The topological polar surface area (TPSA) is 66.8 Å². The van der Waals surface area contributed by atoms with Gasteiger partial charge in [-0.05, 0) is 50.7 Å². The summed E-state index contributed by atoms with van der Waals surface area (Å²) in [6, 6.07) is 7.04. The van der Waals surface area contributed by atoms with Gasteiger partial charge in [-0.3, -0.25) is 9.69 Å². The second-order valence-electron chi connectivity index (χ2n) is 6.19. The summed E-state index contributed by atoms with van der Waals surface area (Å²) in [5.74, 6) is -1.41. The van der Waals surface area contributed by atoms with Gasteiger partial charge in [-0.1, -0.05) is 18.2 Å². The van der Waals surface area contributed by atoms with Gasteiger partial charge in [0.1, 0.15) is 6.10 Å². The van der Waals surface area contributed by atoms with E-state index in [0.717, 1.165) is 25.7 Å². The van der Waals surface area contributed by atoms with E-state index in [4.69, 9.17) is 4.74 Å². The van der Waals surface area contributed by atoms with E-state index in [9.17, 15) is 14.7 Å². The molecule has 1 amide bonds. The summed E-state index contributed by atoms with van der Waals surface area (Å²) in [6.45, 7) is 1.88. The van der Waals surface area contributed by atoms with E-state index in [1.807, 2.05) is 19.1 Å². The summed E-state index contributed by atoms with van der Waals surface area (Å²) >= 11 is 0. The molecule has 0 radical (unpaired) electrons. The zero-order valence-corrected chi connectivity index (χ0v) is 12.7. The predicted molar refractivity (Wildman–Crippen MR) is 82.1 cm³/mol. The summed E-state index contributed by atoms with van der Waals surface area (Å²) in [5.41, 5.74) is 1.35. The number of carbonyl (C=O) groups excluding carboxylic acids is 1. The standard InChI is InChI=1S/C17H21NO4/c1-11-10-14(16(19)20)13-8-4-5-9-15(13)18(11)17(21)22-12-6-2-3-7-12/h4-5,8-9,11-12,14H,2-3,6-7,10H2,1H3,(H,19,20)/t11-,14+/m1/s1. The van der Waals surface area contributed by atoms with E-state index in [1.54, 1.807) is 17.0 Å². The Bertz CT molecular complexity index is 580. The van der Waals surface area contributed by atoms with Crippen LogP contribution in [0, 0.1) is 0 Å². The minimum absolute atomic E-state index is 0.00376. The van der Waals surface area contributed by atoms with Crippen LogP contribution in [0.25, 0.3) is 0 Å². The molecule has 1 fully saturated rings. The zero-order chi connectivity index (χ0) is 15.7. The number of amides is 1. The lowest BCUT2D eigenvalue weighted by Gasteiger charge is -2.37. The molecule has 1 aromatic rings. The number of ether oxygens (including phenoxy) is 1. The first-order valence-corrected chi connectivity index (χ1v) is 7.89. The molecular formula is C17H21NO4. The fourth-order valence-electron chi connectivity index (χ4n) is 3.53. The average Bonchev–Trinajstić information content (AvgIpc) is 2.98. The van der Waals surface area contributed by atoms with Crippen molar-refractivity contribution in [2.75, 3.05) is 4.90 Å². The minimum atomic E-state index is -0.844. The summed E-state index contributed by atoms with van der Waals surface area (Å²) in [7, 11) is 0. The largest absolute Gasteiger partial charge is 0.481 e. The van der Waals surface area contributed by atoms with Gasteiger partial charge in [0.25, 0.3) is 0 Å². The molecule has 5 nitrogen and oxygen atoms in total. The number of rotatable bonds is 2. The molecule has 118 valence electrons. The van der Waals surface area contributed by atoms with Crippen LogP contribution in [0.2, 0.25) is 0 Å². The van der Waals surface area contributed by atoms with Crippen LogP contribution in [0.15, 0.2) is 24.3 Å². The van der Waals surface area contributed by atoms with Crippen molar-refractivity contribution in [3.05, 3.63) is 29.8 Å². The van der Waals surface area contributed by atoms with E-state index in [2.05, 4.69) is 0 Å². The van der Waals surface area contributed by atoms with Crippen LogP contribution >= 0.6 is 0 Å². The lowest BCUT2D eigenvalue weighted by Crippen LogP contribution is -2.45. The Morgan fingerprint density at radius 2 is 1.91 bits per heavy atom. The molecule has 1 aliphatic heterocycles.